The van der Waals surface area contributed by atoms with Gasteiger partial charge in [0.1, 0.15) is 0 Å². The number of benzene rings is 2. The van der Waals surface area contributed by atoms with Crippen molar-refractivity contribution in [2.75, 3.05) is 14.2 Å². The van der Waals surface area contributed by atoms with Crippen LogP contribution in [0.15, 0.2) is 59.3 Å². The molecule has 134 valence electrons. The summed E-state index contributed by atoms with van der Waals surface area (Å²) >= 11 is 3.35. The molecular weight excluding hydrogens is 401 g/mol. The zero-order valence-electron chi connectivity index (χ0n) is 14.3. The minimum Gasteiger partial charge on any atom is -0.494 e. The second-order valence-electron chi connectivity index (χ2n) is 5.78. The lowest BCUT2D eigenvalue weighted by Gasteiger charge is -2.18. The molecule has 0 spiro atoms. The maximum absolute atomic E-state index is 13.8. The minimum atomic E-state index is -0.444. The van der Waals surface area contributed by atoms with Crippen LogP contribution < -0.4 is 4.74 Å². The molecule has 1 heterocycles. The summed E-state index contributed by atoms with van der Waals surface area (Å²) in [7, 11) is 3.10. The first-order valence-corrected chi connectivity index (χ1v) is 8.65. The highest BCUT2D eigenvalue weighted by atomic mass is 79.9. The molecule has 5 nitrogen and oxygen atoms in total. The van der Waals surface area contributed by atoms with Crippen LogP contribution in [-0.4, -0.2) is 34.7 Å². The zero-order chi connectivity index (χ0) is 18.7. The molecule has 1 amide bonds. The molecule has 0 saturated carbocycles. The van der Waals surface area contributed by atoms with E-state index >= 15 is 0 Å². The number of amides is 1. The van der Waals surface area contributed by atoms with E-state index in [9.17, 15) is 9.18 Å². The molecule has 0 unspecified atom stereocenters. The normalized spacial score (nSPS) is 10.6. The molecule has 0 aliphatic rings. The number of rotatable bonds is 5. The highest BCUT2D eigenvalue weighted by Gasteiger charge is 2.13. The Morgan fingerprint density at radius 2 is 2.00 bits per heavy atom. The predicted molar refractivity (Wildman–Crippen MR) is 100 cm³/mol. The smallest absolute Gasteiger partial charge is 0.253 e. The summed E-state index contributed by atoms with van der Waals surface area (Å²) in [5, 5.41) is 4.20. The van der Waals surface area contributed by atoms with Gasteiger partial charge >= 0.3 is 0 Å². The fraction of sp³-hybridized carbons (Fsp3) is 0.158. The van der Waals surface area contributed by atoms with Crippen molar-refractivity contribution in [1.82, 2.24) is 14.7 Å². The Balaban J connectivity index is 1.71. The monoisotopic (exact) mass is 417 g/mol. The fourth-order valence-electron chi connectivity index (χ4n) is 2.57. The van der Waals surface area contributed by atoms with E-state index in [2.05, 4.69) is 21.0 Å². The number of methoxy groups -OCH3 is 1. The van der Waals surface area contributed by atoms with E-state index < -0.39 is 5.82 Å². The largest absolute Gasteiger partial charge is 0.494 e. The molecule has 7 heteroatoms. The quantitative estimate of drug-likeness (QED) is 0.628. The van der Waals surface area contributed by atoms with Crippen LogP contribution in [0.3, 0.4) is 0 Å². The van der Waals surface area contributed by atoms with Crippen molar-refractivity contribution in [3.63, 3.8) is 0 Å². The summed E-state index contributed by atoms with van der Waals surface area (Å²) in [6.07, 6.45) is 3.53. The van der Waals surface area contributed by atoms with Crippen molar-refractivity contribution in [2.24, 2.45) is 0 Å². The molecule has 3 rings (SSSR count). The average molecular weight is 418 g/mol. The van der Waals surface area contributed by atoms with Crippen LogP contribution in [0.4, 0.5) is 4.39 Å². The molecule has 0 bridgehead atoms. The van der Waals surface area contributed by atoms with E-state index in [-0.39, 0.29) is 11.7 Å². The molecule has 0 fully saturated rings. The van der Waals surface area contributed by atoms with Crippen LogP contribution in [0.5, 0.6) is 5.75 Å². The van der Waals surface area contributed by atoms with Crippen molar-refractivity contribution >= 4 is 21.8 Å². The van der Waals surface area contributed by atoms with Crippen LogP contribution >= 0.6 is 15.9 Å². The SMILES string of the molecule is COc1ccc(CN(C)C(=O)c2ccc(-n3cc(Br)cn3)cc2)cc1F. The number of halogens is 2. The Bertz CT molecular complexity index is 925. The van der Waals surface area contributed by atoms with Gasteiger partial charge in [-0.2, -0.15) is 5.10 Å². The van der Waals surface area contributed by atoms with E-state index in [1.807, 2.05) is 18.3 Å². The van der Waals surface area contributed by atoms with Crippen molar-refractivity contribution in [3.8, 4) is 11.4 Å². The molecule has 0 aliphatic heterocycles. The number of hydrogen-bond acceptors (Lipinski definition) is 3. The molecule has 1 aromatic heterocycles. The summed E-state index contributed by atoms with van der Waals surface area (Å²) in [4.78, 5) is 14.1. The van der Waals surface area contributed by atoms with Crippen LogP contribution in [0, 0.1) is 5.82 Å². The molecule has 26 heavy (non-hydrogen) atoms. The maximum Gasteiger partial charge on any atom is 0.253 e. The molecular formula is C19H17BrFN3O2. The number of carbonyl (C=O) groups excluding carboxylic acids is 1. The van der Waals surface area contributed by atoms with Crippen molar-refractivity contribution in [2.45, 2.75) is 6.54 Å². The van der Waals surface area contributed by atoms with Gasteiger partial charge in [0.15, 0.2) is 11.6 Å². The van der Waals surface area contributed by atoms with Crippen molar-refractivity contribution in [1.29, 1.82) is 0 Å². The third-order valence-electron chi connectivity index (χ3n) is 3.91. The summed E-state index contributed by atoms with van der Waals surface area (Å²) in [5.41, 5.74) is 2.10. The van der Waals surface area contributed by atoms with Gasteiger partial charge in [0, 0.05) is 25.4 Å². The Kier molecular flexibility index (Phi) is 5.37. The molecule has 0 saturated heterocycles. The number of carbonyl (C=O) groups is 1. The molecule has 0 N–H and O–H groups in total. The van der Waals surface area contributed by atoms with Gasteiger partial charge in [-0.1, -0.05) is 6.07 Å². The van der Waals surface area contributed by atoms with Gasteiger partial charge in [0.25, 0.3) is 5.91 Å². The second-order valence-corrected chi connectivity index (χ2v) is 6.70. The average Bonchev–Trinajstić information content (AvgIpc) is 3.08. The van der Waals surface area contributed by atoms with Gasteiger partial charge in [0.2, 0.25) is 0 Å². The van der Waals surface area contributed by atoms with E-state index in [1.54, 1.807) is 47.1 Å². The molecule has 2 aromatic carbocycles. The van der Waals surface area contributed by atoms with Crippen molar-refractivity contribution < 1.29 is 13.9 Å². The summed E-state index contributed by atoms with van der Waals surface area (Å²) < 4.78 is 21.3. The van der Waals surface area contributed by atoms with Crippen LogP contribution in [0.25, 0.3) is 5.69 Å². The van der Waals surface area contributed by atoms with Gasteiger partial charge in [-0.3, -0.25) is 4.79 Å². The van der Waals surface area contributed by atoms with Gasteiger partial charge < -0.3 is 9.64 Å². The molecule has 3 aromatic rings. The number of nitrogens with zero attached hydrogens (tertiary/aromatic N) is 3. The summed E-state index contributed by atoms with van der Waals surface area (Å²) in [5.74, 6) is -0.404. The first kappa shape index (κ1) is 18.1. The standard InChI is InChI=1S/C19H17BrFN3O2/c1-23(11-13-3-8-18(26-2)17(21)9-13)19(25)14-4-6-16(7-5-14)24-12-15(20)10-22-24/h3-10,12H,11H2,1-2H3. The van der Waals surface area contributed by atoms with Gasteiger partial charge in [-0.25, -0.2) is 9.07 Å². The van der Waals surface area contributed by atoms with Crippen LogP contribution in [-0.2, 0) is 6.54 Å². The van der Waals surface area contributed by atoms with Crippen LogP contribution in [0.1, 0.15) is 15.9 Å². The van der Waals surface area contributed by atoms with Gasteiger partial charge in [-0.15, -0.1) is 0 Å². The number of ether oxygens (including phenoxy) is 1. The second kappa shape index (κ2) is 7.70. The van der Waals surface area contributed by atoms with E-state index in [0.717, 1.165) is 10.2 Å². The number of hydrogen-bond donors (Lipinski definition) is 0. The lowest BCUT2D eigenvalue weighted by molar-refractivity contribution is 0.0785. The van der Waals surface area contributed by atoms with E-state index in [4.69, 9.17) is 4.74 Å². The zero-order valence-corrected chi connectivity index (χ0v) is 15.9. The van der Waals surface area contributed by atoms with Crippen molar-refractivity contribution in [3.05, 3.63) is 76.3 Å². The van der Waals surface area contributed by atoms with E-state index in [1.165, 1.54) is 13.2 Å². The lowest BCUT2D eigenvalue weighted by atomic mass is 10.1. The topological polar surface area (TPSA) is 47.4 Å². The van der Waals surface area contributed by atoms with E-state index in [0.29, 0.717) is 17.7 Å². The molecule has 0 radical (unpaired) electrons. The predicted octanol–water partition coefficient (Wildman–Crippen LogP) is 4.05. The maximum atomic E-state index is 13.8. The summed E-state index contributed by atoms with van der Waals surface area (Å²) in [6.45, 7) is 0.299. The highest BCUT2D eigenvalue weighted by molar-refractivity contribution is 9.10. The molecule has 0 atom stereocenters. The van der Waals surface area contributed by atoms with Crippen LogP contribution in [0.2, 0.25) is 0 Å². The third kappa shape index (κ3) is 3.94. The summed E-state index contributed by atoms with van der Waals surface area (Å²) in [6, 6.07) is 11.8. The minimum absolute atomic E-state index is 0.144. The number of aromatic nitrogens is 2. The Labute approximate surface area is 159 Å². The fourth-order valence-corrected chi connectivity index (χ4v) is 2.86. The Hall–Kier alpha value is -2.67. The lowest BCUT2D eigenvalue weighted by Crippen LogP contribution is -2.26. The van der Waals surface area contributed by atoms with Gasteiger partial charge in [-0.05, 0) is 57.9 Å². The van der Waals surface area contributed by atoms with Gasteiger partial charge in [0.05, 0.1) is 23.5 Å². The third-order valence-corrected chi connectivity index (χ3v) is 4.32. The highest BCUT2D eigenvalue weighted by Crippen LogP contribution is 2.19. The first-order valence-electron chi connectivity index (χ1n) is 7.86. The Morgan fingerprint density at radius 1 is 1.27 bits per heavy atom. The first-order chi connectivity index (χ1) is 12.5. The molecule has 0 aliphatic carbocycles. The Morgan fingerprint density at radius 3 is 2.58 bits per heavy atom.